The van der Waals surface area contributed by atoms with Crippen LogP contribution in [0, 0.1) is 6.92 Å². The minimum absolute atomic E-state index is 0.000622. The van der Waals surface area contributed by atoms with Gasteiger partial charge >= 0.3 is 0 Å². The molecule has 0 spiro atoms. The van der Waals surface area contributed by atoms with Crippen LogP contribution in [0.25, 0.3) is 22.0 Å². The second-order valence-electron chi connectivity index (χ2n) is 10.1. The van der Waals surface area contributed by atoms with Gasteiger partial charge in [0.05, 0.1) is 17.8 Å². The first-order valence-electron chi connectivity index (χ1n) is 12.9. The highest BCUT2D eigenvalue weighted by Gasteiger charge is 2.27. The number of benzene rings is 1. The van der Waals surface area contributed by atoms with Crippen molar-refractivity contribution in [3.8, 4) is 11.1 Å². The summed E-state index contributed by atoms with van der Waals surface area (Å²) in [6.07, 6.45) is 6.31. The summed E-state index contributed by atoms with van der Waals surface area (Å²) in [4.78, 5) is 19.2. The molecule has 192 valence electrons. The van der Waals surface area contributed by atoms with E-state index in [1.807, 2.05) is 34.0 Å². The zero-order chi connectivity index (χ0) is 25.7. The molecule has 5 heterocycles. The van der Waals surface area contributed by atoms with Crippen molar-refractivity contribution in [3.05, 3.63) is 69.9 Å². The van der Waals surface area contributed by atoms with E-state index in [1.54, 1.807) is 37.0 Å². The summed E-state index contributed by atoms with van der Waals surface area (Å²) in [6, 6.07) is 7.50. The van der Waals surface area contributed by atoms with Crippen molar-refractivity contribution < 1.29 is 8.78 Å². The Morgan fingerprint density at radius 3 is 2.76 bits per heavy atom. The molecule has 3 aromatic heterocycles. The molecule has 0 unspecified atom stereocenters. The van der Waals surface area contributed by atoms with Crippen LogP contribution >= 0.6 is 0 Å². The molecule has 0 amide bonds. The minimum Gasteiger partial charge on any atom is -0.326 e. The number of hydrogen-bond acceptors (Lipinski definition) is 5. The Bertz CT molecular complexity index is 1540. The molecule has 0 radical (unpaired) electrons. The quantitative estimate of drug-likeness (QED) is 0.421. The molecule has 0 bridgehead atoms. The number of halogens is 2. The Morgan fingerprint density at radius 1 is 1.16 bits per heavy atom. The van der Waals surface area contributed by atoms with Gasteiger partial charge in [-0.1, -0.05) is 0 Å². The molecule has 0 saturated carbocycles. The van der Waals surface area contributed by atoms with E-state index in [1.165, 1.54) is 0 Å². The summed E-state index contributed by atoms with van der Waals surface area (Å²) < 4.78 is 32.5. The van der Waals surface area contributed by atoms with E-state index in [9.17, 15) is 13.6 Å². The van der Waals surface area contributed by atoms with E-state index >= 15 is 0 Å². The lowest BCUT2D eigenvalue weighted by Gasteiger charge is -2.32. The van der Waals surface area contributed by atoms with Gasteiger partial charge in [0, 0.05) is 53.8 Å². The van der Waals surface area contributed by atoms with Crippen LogP contribution in [-0.4, -0.2) is 39.0 Å². The average molecular weight is 505 g/mol. The number of aryl methyl sites for hydroxylation is 3. The molecule has 1 aromatic carbocycles. The molecule has 1 N–H and O–H groups in total. The van der Waals surface area contributed by atoms with Gasteiger partial charge in [-0.05, 0) is 81.1 Å². The van der Waals surface area contributed by atoms with Crippen LogP contribution in [0.5, 0.6) is 0 Å². The zero-order valence-corrected chi connectivity index (χ0v) is 21.0. The first-order valence-corrected chi connectivity index (χ1v) is 12.9. The van der Waals surface area contributed by atoms with E-state index < -0.39 is 6.43 Å². The smallest absolute Gasteiger partial charge is 0.264 e. The SMILES string of the molecule is Cc1cc2c(N3CCCc4cc(-c5cnn(C6CCNCC6)c5)c(C(F)F)cc43)nccc2n(C)c1=O. The molecule has 0 aliphatic carbocycles. The van der Waals surface area contributed by atoms with Gasteiger partial charge in [-0.25, -0.2) is 13.8 Å². The molecule has 37 heavy (non-hydrogen) atoms. The normalized spacial score (nSPS) is 16.5. The highest BCUT2D eigenvalue weighted by atomic mass is 19.3. The third-order valence-electron chi connectivity index (χ3n) is 7.77. The summed E-state index contributed by atoms with van der Waals surface area (Å²) in [7, 11) is 1.75. The Morgan fingerprint density at radius 2 is 1.97 bits per heavy atom. The van der Waals surface area contributed by atoms with Crippen LogP contribution in [0.3, 0.4) is 0 Å². The van der Waals surface area contributed by atoms with E-state index in [0.29, 0.717) is 23.5 Å². The maximum absolute atomic E-state index is 14.5. The molecular formula is C28H30F2N6O. The fourth-order valence-electron chi connectivity index (χ4n) is 5.80. The van der Waals surface area contributed by atoms with Crippen LogP contribution in [0.15, 0.2) is 47.7 Å². The second kappa shape index (κ2) is 9.37. The fraction of sp³-hybridized carbons (Fsp3) is 0.393. The van der Waals surface area contributed by atoms with Gasteiger partial charge in [0.1, 0.15) is 5.82 Å². The number of pyridine rings is 2. The topological polar surface area (TPSA) is 68.0 Å². The van der Waals surface area contributed by atoms with Gasteiger partial charge in [-0.3, -0.25) is 9.48 Å². The number of aromatic nitrogens is 4. The first kappa shape index (κ1) is 23.8. The van der Waals surface area contributed by atoms with Crippen LogP contribution in [-0.2, 0) is 13.5 Å². The van der Waals surface area contributed by atoms with E-state index in [-0.39, 0.29) is 17.2 Å². The highest BCUT2D eigenvalue weighted by Crippen LogP contribution is 2.42. The van der Waals surface area contributed by atoms with Crippen molar-refractivity contribution in [1.29, 1.82) is 0 Å². The summed E-state index contributed by atoms with van der Waals surface area (Å²) in [6.45, 7) is 4.32. The zero-order valence-electron chi connectivity index (χ0n) is 21.0. The predicted octanol–water partition coefficient (Wildman–Crippen LogP) is 5.05. The van der Waals surface area contributed by atoms with Crippen molar-refractivity contribution in [2.75, 3.05) is 24.5 Å². The van der Waals surface area contributed by atoms with E-state index in [2.05, 4.69) is 15.4 Å². The number of anilines is 2. The molecule has 2 aliphatic heterocycles. The van der Waals surface area contributed by atoms with Gasteiger partial charge in [0.2, 0.25) is 0 Å². The largest absolute Gasteiger partial charge is 0.326 e. The minimum atomic E-state index is -2.63. The number of alkyl halides is 2. The molecule has 1 saturated heterocycles. The second-order valence-corrected chi connectivity index (χ2v) is 10.1. The molecule has 0 atom stereocenters. The maximum atomic E-state index is 14.5. The predicted molar refractivity (Wildman–Crippen MR) is 141 cm³/mol. The van der Waals surface area contributed by atoms with E-state index in [4.69, 9.17) is 0 Å². The molecule has 6 rings (SSSR count). The van der Waals surface area contributed by atoms with Crippen LogP contribution in [0.4, 0.5) is 20.3 Å². The third-order valence-corrected chi connectivity index (χ3v) is 7.77. The standard InChI is InChI=1S/C28H30F2N6O/c1-17-12-23-24(34(2)28(17)37)7-10-32-27(23)35-11-3-4-18-13-21(22(26(29)30)14-25(18)35)19-15-33-36(16-19)20-5-8-31-9-6-20/h7,10,12-16,20,26,31H,3-6,8-9,11H2,1-2H3. The van der Waals surface area contributed by atoms with Crippen LogP contribution in [0.1, 0.15) is 48.4 Å². The van der Waals surface area contributed by atoms with Crippen molar-refractivity contribution in [2.45, 2.75) is 45.1 Å². The number of piperidine rings is 1. The van der Waals surface area contributed by atoms with Gasteiger partial charge in [0.25, 0.3) is 12.0 Å². The first-order chi connectivity index (χ1) is 17.9. The summed E-state index contributed by atoms with van der Waals surface area (Å²) in [5, 5.41) is 8.73. The monoisotopic (exact) mass is 504 g/mol. The average Bonchev–Trinajstić information content (AvgIpc) is 3.41. The number of nitrogens with zero attached hydrogens (tertiary/aromatic N) is 5. The highest BCUT2D eigenvalue weighted by molar-refractivity contribution is 5.93. The number of hydrogen-bond donors (Lipinski definition) is 1. The lowest BCUT2D eigenvalue weighted by atomic mass is 9.93. The molecule has 7 nitrogen and oxygen atoms in total. The van der Waals surface area contributed by atoms with Crippen molar-refractivity contribution >= 4 is 22.4 Å². The molecule has 9 heteroatoms. The number of nitrogens with one attached hydrogen (secondary N) is 1. The van der Waals surface area contributed by atoms with Gasteiger partial charge in [-0.15, -0.1) is 0 Å². The van der Waals surface area contributed by atoms with Gasteiger partial charge in [-0.2, -0.15) is 5.10 Å². The van der Waals surface area contributed by atoms with Crippen LogP contribution in [0.2, 0.25) is 0 Å². The van der Waals surface area contributed by atoms with Crippen molar-refractivity contribution in [2.24, 2.45) is 7.05 Å². The summed E-state index contributed by atoms with van der Waals surface area (Å²) in [5.74, 6) is 0.684. The Kier molecular flexibility index (Phi) is 6.03. The Balaban J connectivity index is 1.46. The van der Waals surface area contributed by atoms with Crippen molar-refractivity contribution in [1.82, 2.24) is 24.6 Å². The van der Waals surface area contributed by atoms with Crippen molar-refractivity contribution in [3.63, 3.8) is 0 Å². The summed E-state index contributed by atoms with van der Waals surface area (Å²) in [5.41, 5.74) is 4.36. The van der Waals surface area contributed by atoms with Gasteiger partial charge in [0.15, 0.2) is 0 Å². The Hall–Kier alpha value is -3.59. The molecule has 4 aromatic rings. The molecule has 2 aliphatic rings. The number of fused-ring (bicyclic) bond motifs is 2. The van der Waals surface area contributed by atoms with Crippen LogP contribution < -0.4 is 15.8 Å². The van der Waals surface area contributed by atoms with Gasteiger partial charge < -0.3 is 14.8 Å². The Labute approximate surface area is 213 Å². The lowest BCUT2D eigenvalue weighted by Crippen LogP contribution is -2.29. The summed E-state index contributed by atoms with van der Waals surface area (Å²) >= 11 is 0. The fourth-order valence-corrected chi connectivity index (χ4v) is 5.80. The lowest BCUT2D eigenvalue weighted by molar-refractivity contribution is 0.152. The van der Waals surface area contributed by atoms with E-state index in [0.717, 1.165) is 66.5 Å². The third kappa shape index (κ3) is 4.11. The molecular weight excluding hydrogens is 474 g/mol. The number of rotatable bonds is 4. The maximum Gasteiger partial charge on any atom is 0.264 e. The molecule has 1 fully saturated rings.